The number of hydrogen-bond acceptors (Lipinski definition) is 2. The topological polar surface area (TPSA) is 61.4 Å². The molecule has 19 heavy (non-hydrogen) atoms. The van der Waals surface area contributed by atoms with Crippen LogP contribution in [0, 0.1) is 11.8 Å². The molecule has 0 radical (unpaired) electrons. The molecule has 1 aromatic carbocycles. The van der Waals surface area contributed by atoms with Gasteiger partial charge in [0.25, 0.3) is 0 Å². The summed E-state index contributed by atoms with van der Waals surface area (Å²) in [6, 6.07) is 4.82. The van der Waals surface area contributed by atoms with E-state index in [1.807, 2.05) is 13.8 Å². The Labute approximate surface area is 118 Å². The summed E-state index contributed by atoms with van der Waals surface area (Å²) in [6.07, 6.45) is 0.379. The van der Waals surface area contributed by atoms with Crippen LogP contribution in [0.1, 0.15) is 25.8 Å². The number of halogens is 1. The van der Waals surface area contributed by atoms with Gasteiger partial charge >= 0.3 is 6.03 Å². The summed E-state index contributed by atoms with van der Waals surface area (Å²) in [7, 11) is 0. The average molecular weight is 281 g/mol. The summed E-state index contributed by atoms with van der Waals surface area (Å²) >= 11 is 5.91. The minimum Gasteiger partial charge on any atom is -0.395 e. The number of hydrogen-bond donors (Lipinski definition) is 3. The molecule has 0 heterocycles. The normalized spacial score (nSPS) is 9.74. The van der Waals surface area contributed by atoms with E-state index in [1.54, 1.807) is 18.2 Å². The van der Waals surface area contributed by atoms with E-state index < -0.39 is 0 Å². The van der Waals surface area contributed by atoms with Crippen molar-refractivity contribution in [3.05, 3.63) is 28.8 Å². The highest BCUT2D eigenvalue weighted by atomic mass is 35.5. The highest BCUT2D eigenvalue weighted by Gasteiger charge is 2.07. The third-order valence-corrected chi connectivity index (χ3v) is 2.34. The molecule has 3 N–H and O–H groups in total. The third-order valence-electron chi connectivity index (χ3n) is 2.11. The molecular formula is C14H17ClN2O2. The van der Waals surface area contributed by atoms with Gasteiger partial charge in [-0.2, -0.15) is 0 Å². The first kappa shape index (κ1) is 15.4. The van der Waals surface area contributed by atoms with Crippen LogP contribution in [-0.4, -0.2) is 23.8 Å². The third kappa shape index (κ3) is 5.64. The molecule has 5 heteroatoms. The van der Waals surface area contributed by atoms with E-state index in [0.717, 1.165) is 0 Å². The monoisotopic (exact) mass is 280 g/mol. The number of carbonyl (C=O) groups is 1. The van der Waals surface area contributed by atoms with Gasteiger partial charge in [0.15, 0.2) is 0 Å². The maximum absolute atomic E-state index is 11.6. The molecule has 0 bridgehead atoms. The van der Waals surface area contributed by atoms with E-state index in [9.17, 15) is 4.79 Å². The van der Waals surface area contributed by atoms with Crippen LogP contribution in [0.2, 0.25) is 5.02 Å². The first-order valence-electron chi connectivity index (χ1n) is 5.99. The average Bonchev–Trinajstić information content (AvgIpc) is 2.32. The van der Waals surface area contributed by atoms with Gasteiger partial charge < -0.3 is 15.7 Å². The smallest absolute Gasteiger partial charge is 0.319 e. The number of amides is 2. The summed E-state index contributed by atoms with van der Waals surface area (Å²) < 4.78 is 0. The number of aliphatic hydroxyl groups excluding tert-OH is 1. The van der Waals surface area contributed by atoms with Gasteiger partial charge in [0.2, 0.25) is 0 Å². The molecule has 102 valence electrons. The molecule has 1 rings (SSSR count). The summed E-state index contributed by atoms with van der Waals surface area (Å²) in [5.74, 6) is 5.68. The van der Waals surface area contributed by atoms with Gasteiger partial charge in [-0.25, -0.2) is 4.79 Å². The van der Waals surface area contributed by atoms with Crippen LogP contribution >= 0.6 is 11.6 Å². The fourth-order valence-corrected chi connectivity index (χ4v) is 1.54. The molecule has 0 aliphatic heterocycles. The van der Waals surface area contributed by atoms with E-state index in [4.69, 9.17) is 16.7 Å². The van der Waals surface area contributed by atoms with Gasteiger partial charge in [-0.3, -0.25) is 0 Å². The van der Waals surface area contributed by atoms with Gasteiger partial charge in [-0.1, -0.05) is 23.4 Å². The summed E-state index contributed by atoms with van der Waals surface area (Å²) in [6.45, 7) is 3.76. The standard InChI is InChI=1S/C14H17ClN2O2/c1-10(2)16-14(19)17-13-7-6-12(15)9-11(13)5-3-4-8-18/h6-7,9-10,18H,4,8H2,1-2H3,(H2,16,17,19). The lowest BCUT2D eigenvalue weighted by Crippen LogP contribution is -2.34. The predicted octanol–water partition coefficient (Wildman–Crippen LogP) is 2.60. The predicted molar refractivity (Wildman–Crippen MR) is 77.3 cm³/mol. The molecule has 1 aromatic rings. The maximum Gasteiger partial charge on any atom is 0.319 e. The van der Waals surface area contributed by atoms with Crippen LogP contribution in [0.4, 0.5) is 10.5 Å². The number of anilines is 1. The molecule has 0 saturated carbocycles. The van der Waals surface area contributed by atoms with E-state index in [2.05, 4.69) is 22.5 Å². The van der Waals surface area contributed by atoms with Gasteiger partial charge in [0.05, 0.1) is 12.3 Å². The van der Waals surface area contributed by atoms with E-state index in [0.29, 0.717) is 22.7 Å². The Hall–Kier alpha value is -1.70. The number of carbonyl (C=O) groups excluding carboxylic acids is 1. The molecule has 0 saturated heterocycles. The molecule has 0 spiro atoms. The van der Waals surface area contributed by atoms with Crippen molar-refractivity contribution in [3.8, 4) is 11.8 Å². The fraction of sp³-hybridized carbons (Fsp3) is 0.357. The molecule has 4 nitrogen and oxygen atoms in total. The molecule has 0 fully saturated rings. The van der Waals surface area contributed by atoms with E-state index >= 15 is 0 Å². The van der Waals surface area contributed by atoms with Crippen molar-refractivity contribution < 1.29 is 9.90 Å². The van der Waals surface area contributed by atoms with Crippen molar-refractivity contribution in [2.75, 3.05) is 11.9 Å². The number of urea groups is 1. The number of nitrogens with one attached hydrogen (secondary N) is 2. The molecule has 0 atom stereocenters. The van der Waals surface area contributed by atoms with Crippen molar-refractivity contribution in [2.45, 2.75) is 26.3 Å². The highest BCUT2D eigenvalue weighted by Crippen LogP contribution is 2.19. The number of benzene rings is 1. The Morgan fingerprint density at radius 2 is 2.21 bits per heavy atom. The summed E-state index contributed by atoms with van der Waals surface area (Å²) in [5.41, 5.74) is 1.22. The maximum atomic E-state index is 11.6. The Bertz CT molecular complexity index is 504. The van der Waals surface area contributed by atoms with Gasteiger partial charge in [0.1, 0.15) is 0 Å². The van der Waals surface area contributed by atoms with Crippen molar-refractivity contribution in [1.29, 1.82) is 0 Å². The molecule has 2 amide bonds. The zero-order chi connectivity index (χ0) is 14.3. The van der Waals surface area contributed by atoms with E-state index in [-0.39, 0.29) is 18.7 Å². The van der Waals surface area contributed by atoms with Gasteiger partial charge in [0, 0.05) is 23.0 Å². The lowest BCUT2D eigenvalue weighted by atomic mass is 10.1. The van der Waals surface area contributed by atoms with Crippen LogP contribution in [0.5, 0.6) is 0 Å². The van der Waals surface area contributed by atoms with Crippen LogP contribution in [-0.2, 0) is 0 Å². The largest absolute Gasteiger partial charge is 0.395 e. The second kappa shape index (κ2) is 7.67. The van der Waals surface area contributed by atoms with Crippen molar-refractivity contribution in [1.82, 2.24) is 5.32 Å². The fourth-order valence-electron chi connectivity index (χ4n) is 1.36. The molecule has 0 unspecified atom stereocenters. The number of rotatable bonds is 3. The Morgan fingerprint density at radius 1 is 1.47 bits per heavy atom. The zero-order valence-corrected chi connectivity index (χ0v) is 11.7. The summed E-state index contributed by atoms with van der Waals surface area (Å²) in [5, 5.41) is 14.7. The van der Waals surface area contributed by atoms with Crippen LogP contribution in [0.3, 0.4) is 0 Å². The van der Waals surface area contributed by atoms with E-state index in [1.165, 1.54) is 0 Å². The lowest BCUT2D eigenvalue weighted by molar-refractivity contribution is 0.250. The Morgan fingerprint density at radius 3 is 2.84 bits per heavy atom. The molecular weight excluding hydrogens is 264 g/mol. The Kier molecular flexibility index (Phi) is 6.20. The number of aliphatic hydroxyl groups is 1. The van der Waals surface area contributed by atoms with Crippen LogP contribution in [0.15, 0.2) is 18.2 Å². The first-order valence-corrected chi connectivity index (χ1v) is 6.37. The van der Waals surface area contributed by atoms with Crippen molar-refractivity contribution in [3.63, 3.8) is 0 Å². The van der Waals surface area contributed by atoms with Crippen LogP contribution in [0.25, 0.3) is 0 Å². The van der Waals surface area contributed by atoms with Crippen LogP contribution < -0.4 is 10.6 Å². The van der Waals surface area contributed by atoms with Crippen molar-refractivity contribution >= 4 is 23.3 Å². The first-order chi connectivity index (χ1) is 9.02. The van der Waals surface area contributed by atoms with Crippen molar-refractivity contribution in [2.24, 2.45) is 0 Å². The molecule has 0 aromatic heterocycles. The SMILES string of the molecule is CC(C)NC(=O)Nc1ccc(Cl)cc1C#CCCO. The van der Waals surface area contributed by atoms with Gasteiger partial charge in [-0.15, -0.1) is 0 Å². The zero-order valence-electron chi connectivity index (χ0n) is 11.0. The summed E-state index contributed by atoms with van der Waals surface area (Å²) in [4.78, 5) is 11.6. The quantitative estimate of drug-likeness (QED) is 0.745. The van der Waals surface area contributed by atoms with Gasteiger partial charge in [-0.05, 0) is 32.0 Å². The second-order valence-electron chi connectivity index (χ2n) is 4.22. The second-order valence-corrected chi connectivity index (χ2v) is 4.65. The lowest BCUT2D eigenvalue weighted by Gasteiger charge is -2.11. The Balaban J connectivity index is 2.88. The molecule has 0 aliphatic carbocycles. The molecule has 0 aliphatic rings. The minimum absolute atomic E-state index is 0.00413. The highest BCUT2D eigenvalue weighted by molar-refractivity contribution is 6.30. The minimum atomic E-state index is -0.289.